The van der Waals surface area contributed by atoms with Crippen molar-refractivity contribution >= 4 is 11.6 Å². The van der Waals surface area contributed by atoms with Crippen LogP contribution in [0.1, 0.15) is 0 Å². The molecule has 136 valence electrons. The highest BCUT2D eigenvalue weighted by Crippen LogP contribution is 2.50. The van der Waals surface area contributed by atoms with Crippen LogP contribution in [0.2, 0.25) is 5.02 Å². The van der Waals surface area contributed by atoms with Crippen LogP contribution in [0.3, 0.4) is 0 Å². The first kappa shape index (κ1) is 17.9. The smallest absolute Gasteiger partial charge is 0.207 e. The molecule has 26 heavy (non-hydrogen) atoms. The summed E-state index contributed by atoms with van der Waals surface area (Å²) in [5.74, 6) is 1.86. The number of ether oxygens (including phenoxy) is 4. The summed E-state index contributed by atoms with van der Waals surface area (Å²) in [6.07, 6.45) is 1.64. The summed E-state index contributed by atoms with van der Waals surface area (Å²) in [7, 11) is 6.20. The molecule has 0 saturated carbocycles. The van der Waals surface area contributed by atoms with E-state index < -0.39 is 0 Å². The molecule has 3 aromatic rings. The molecule has 3 rings (SSSR count). The topological polar surface area (TPSA) is 67.6 Å². The Labute approximate surface area is 156 Å². The lowest BCUT2D eigenvalue weighted by atomic mass is 10.1. The molecule has 8 heteroatoms. The van der Waals surface area contributed by atoms with Crippen molar-refractivity contribution in [2.45, 2.75) is 0 Å². The van der Waals surface area contributed by atoms with E-state index >= 15 is 0 Å². The van der Waals surface area contributed by atoms with Crippen LogP contribution >= 0.6 is 11.6 Å². The molecular weight excluding hydrogens is 358 g/mol. The summed E-state index contributed by atoms with van der Waals surface area (Å²) in [6.45, 7) is 0. The van der Waals surface area contributed by atoms with Crippen molar-refractivity contribution in [1.29, 1.82) is 0 Å². The monoisotopic (exact) mass is 375 g/mol. The quantitative estimate of drug-likeness (QED) is 0.655. The predicted octanol–water partition coefficient (Wildman–Crippen LogP) is 3.62. The van der Waals surface area contributed by atoms with Gasteiger partial charge < -0.3 is 18.9 Å². The van der Waals surface area contributed by atoms with Gasteiger partial charge in [-0.15, -0.1) is 5.10 Å². The van der Waals surface area contributed by atoms with Gasteiger partial charge >= 0.3 is 0 Å². The van der Waals surface area contributed by atoms with E-state index in [1.165, 1.54) is 0 Å². The van der Waals surface area contributed by atoms with E-state index in [1.807, 2.05) is 12.1 Å². The maximum atomic E-state index is 5.98. The molecular formula is C18H18ClN3O4. The number of methoxy groups -OCH3 is 4. The number of aromatic nitrogens is 3. The molecule has 7 nitrogen and oxygen atoms in total. The van der Waals surface area contributed by atoms with Crippen molar-refractivity contribution in [3.8, 4) is 39.9 Å². The standard InChI is InChI=1S/C18H18ClN3O4/c1-23-15-9-13(16(24-2)18(26-4)17(15)25-3)14-10-20-21-22(14)12-7-5-11(19)6-8-12/h5-10H,1-4H3. The van der Waals surface area contributed by atoms with Gasteiger partial charge in [-0.2, -0.15) is 0 Å². The van der Waals surface area contributed by atoms with E-state index in [-0.39, 0.29) is 0 Å². The summed E-state index contributed by atoms with van der Waals surface area (Å²) < 4.78 is 23.6. The van der Waals surface area contributed by atoms with E-state index in [0.717, 1.165) is 5.69 Å². The molecule has 0 aliphatic heterocycles. The lowest BCUT2D eigenvalue weighted by Gasteiger charge is -2.18. The van der Waals surface area contributed by atoms with Crippen LogP contribution in [0.15, 0.2) is 36.5 Å². The first-order chi connectivity index (χ1) is 12.6. The SMILES string of the molecule is COc1cc(-c2cnnn2-c2ccc(Cl)cc2)c(OC)c(OC)c1OC. The van der Waals surface area contributed by atoms with Crippen LogP contribution in [-0.4, -0.2) is 43.4 Å². The van der Waals surface area contributed by atoms with Crippen molar-refractivity contribution in [3.05, 3.63) is 41.6 Å². The van der Waals surface area contributed by atoms with E-state index in [1.54, 1.807) is 57.5 Å². The largest absolute Gasteiger partial charge is 0.493 e. The molecule has 0 aliphatic carbocycles. The van der Waals surface area contributed by atoms with Crippen LogP contribution in [0.25, 0.3) is 16.9 Å². The van der Waals surface area contributed by atoms with E-state index in [4.69, 9.17) is 30.5 Å². The maximum Gasteiger partial charge on any atom is 0.207 e. The number of hydrogen-bond acceptors (Lipinski definition) is 6. The highest BCUT2D eigenvalue weighted by atomic mass is 35.5. The molecule has 0 radical (unpaired) electrons. The van der Waals surface area contributed by atoms with Gasteiger partial charge in [-0.1, -0.05) is 16.8 Å². The fourth-order valence-corrected chi connectivity index (χ4v) is 2.84. The minimum Gasteiger partial charge on any atom is -0.493 e. The maximum absolute atomic E-state index is 5.98. The van der Waals surface area contributed by atoms with Crippen LogP contribution in [0, 0.1) is 0 Å². The summed E-state index contributed by atoms with van der Waals surface area (Å²) in [5.41, 5.74) is 2.20. The van der Waals surface area contributed by atoms with Gasteiger partial charge in [0.05, 0.1) is 51.6 Å². The third-order valence-electron chi connectivity index (χ3n) is 3.89. The Balaban J connectivity index is 2.25. The molecule has 2 aromatic carbocycles. The summed E-state index contributed by atoms with van der Waals surface area (Å²) in [4.78, 5) is 0. The van der Waals surface area contributed by atoms with Gasteiger partial charge in [-0.3, -0.25) is 0 Å². The number of nitrogens with zero attached hydrogens (tertiary/aromatic N) is 3. The number of halogens is 1. The fourth-order valence-electron chi connectivity index (χ4n) is 2.71. The molecule has 0 unspecified atom stereocenters. The molecule has 0 spiro atoms. The zero-order chi connectivity index (χ0) is 18.7. The minimum absolute atomic E-state index is 0.424. The molecule has 1 aromatic heterocycles. The first-order valence-electron chi connectivity index (χ1n) is 7.68. The fraction of sp³-hybridized carbons (Fsp3) is 0.222. The Morgan fingerprint density at radius 1 is 0.846 bits per heavy atom. The average molecular weight is 376 g/mol. The van der Waals surface area contributed by atoms with Crippen molar-refractivity contribution in [2.75, 3.05) is 28.4 Å². The van der Waals surface area contributed by atoms with Crippen LogP contribution in [-0.2, 0) is 0 Å². The molecule has 0 fully saturated rings. The Morgan fingerprint density at radius 3 is 2.08 bits per heavy atom. The van der Waals surface area contributed by atoms with Gasteiger partial charge in [0, 0.05) is 5.02 Å². The first-order valence-corrected chi connectivity index (χ1v) is 8.06. The molecule has 0 bridgehead atoms. The van der Waals surface area contributed by atoms with Gasteiger partial charge in [0.25, 0.3) is 0 Å². The second-order valence-corrected chi connectivity index (χ2v) is 5.67. The lowest BCUT2D eigenvalue weighted by Crippen LogP contribution is -2.03. The number of benzene rings is 2. The van der Waals surface area contributed by atoms with Gasteiger partial charge in [0.1, 0.15) is 0 Å². The van der Waals surface area contributed by atoms with E-state index in [9.17, 15) is 0 Å². The third kappa shape index (κ3) is 3.01. The molecule has 0 amide bonds. The van der Waals surface area contributed by atoms with Gasteiger partial charge in [0.15, 0.2) is 11.5 Å². The van der Waals surface area contributed by atoms with Gasteiger partial charge in [0.2, 0.25) is 11.5 Å². The van der Waals surface area contributed by atoms with Crippen LogP contribution in [0.5, 0.6) is 23.0 Å². The lowest BCUT2D eigenvalue weighted by molar-refractivity contribution is 0.306. The Morgan fingerprint density at radius 2 is 1.50 bits per heavy atom. The van der Waals surface area contributed by atoms with Crippen molar-refractivity contribution in [1.82, 2.24) is 15.0 Å². The second kappa shape index (κ2) is 7.53. The summed E-state index contributed by atoms with van der Waals surface area (Å²) in [6, 6.07) is 9.07. The van der Waals surface area contributed by atoms with E-state index in [0.29, 0.717) is 39.3 Å². The highest BCUT2D eigenvalue weighted by molar-refractivity contribution is 6.30. The van der Waals surface area contributed by atoms with Crippen LogP contribution in [0.4, 0.5) is 0 Å². The van der Waals surface area contributed by atoms with E-state index in [2.05, 4.69) is 10.3 Å². The summed E-state index contributed by atoms with van der Waals surface area (Å²) in [5, 5.41) is 8.85. The van der Waals surface area contributed by atoms with Crippen molar-refractivity contribution in [2.24, 2.45) is 0 Å². The van der Waals surface area contributed by atoms with Gasteiger partial charge in [-0.25, -0.2) is 4.68 Å². The zero-order valence-electron chi connectivity index (χ0n) is 14.8. The molecule has 1 heterocycles. The Kier molecular flexibility index (Phi) is 5.18. The number of hydrogen-bond donors (Lipinski definition) is 0. The summed E-state index contributed by atoms with van der Waals surface area (Å²) >= 11 is 5.98. The second-order valence-electron chi connectivity index (χ2n) is 5.23. The Hall–Kier alpha value is -2.93. The molecule has 0 aliphatic rings. The van der Waals surface area contributed by atoms with Gasteiger partial charge in [-0.05, 0) is 30.3 Å². The van der Waals surface area contributed by atoms with Crippen molar-refractivity contribution < 1.29 is 18.9 Å². The zero-order valence-corrected chi connectivity index (χ0v) is 15.6. The molecule has 0 atom stereocenters. The molecule has 0 N–H and O–H groups in total. The molecule has 0 saturated heterocycles. The van der Waals surface area contributed by atoms with Crippen molar-refractivity contribution in [3.63, 3.8) is 0 Å². The Bertz CT molecular complexity index is 910. The normalized spacial score (nSPS) is 10.5. The average Bonchev–Trinajstić information content (AvgIpc) is 3.16. The minimum atomic E-state index is 0.424. The van der Waals surface area contributed by atoms with Crippen LogP contribution < -0.4 is 18.9 Å². The highest BCUT2D eigenvalue weighted by Gasteiger charge is 2.24. The third-order valence-corrected chi connectivity index (χ3v) is 4.14. The number of rotatable bonds is 6. The predicted molar refractivity (Wildman–Crippen MR) is 98.0 cm³/mol.